The highest BCUT2D eigenvalue weighted by atomic mass is 19.4. The predicted octanol–water partition coefficient (Wildman–Crippen LogP) is 16.5. The van der Waals surface area contributed by atoms with Crippen molar-refractivity contribution in [3.8, 4) is 34.0 Å². The van der Waals surface area contributed by atoms with E-state index in [0.29, 0.717) is 28.2 Å². The van der Waals surface area contributed by atoms with Gasteiger partial charge in [0.15, 0.2) is 0 Å². The third kappa shape index (κ3) is 5.69. The average molecular weight is 898 g/mol. The van der Waals surface area contributed by atoms with Crippen molar-refractivity contribution in [2.75, 3.05) is 0 Å². The van der Waals surface area contributed by atoms with E-state index in [9.17, 15) is 13.2 Å². The van der Waals surface area contributed by atoms with Crippen LogP contribution in [-0.4, -0.2) is 23.3 Å². The molecule has 0 unspecified atom stereocenters. The predicted molar refractivity (Wildman–Crippen MR) is 277 cm³/mol. The molecule has 0 amide bonds. The molecule has 0 N–H and O–H groups in total. The molecule has 69 heavy (non-hydrogen) atoms. The molecule has 0 aliphatic carbocycles. The number of aryl methyl sites for hydroxylation is 1. The molecule has 0 spiro atoms. The van der Waals surface area contributed by atoms with Gasteiger partial charge in [-0.05, 0) is 96.9 Å². The second-order valence-corrected chi connectivity index (χ2v) is 17.9. The van der Waals surface area contributed by atoms with Gasteiger partial charge in [0, 0.05) is 60.0 Å². The maximum Gasteiger partial charge on any atom is 0.416 e. The highest BCUT2D eigenvalue weighted by Crippen LogP contribution is 2.46. The Morgan fingerprint density at radius 2 is 0.841 bits per heavy atom. The number of fused-ring (bicyclic) bond motifs is 14. The monoisotopic (exact) mass is 897 g/mol. The number of para-hydroxylation sites is 6. The van der Waals surface area contributed by atoms with Crippen LogP contribution in [-0.2, 0) is 6.18 Å². The average Bonchev–Trinajstić information content (AvgIpc) is 4.11. The van der Waals surface area contributed by atoms with Crippen molar-refractivity contribution in [2.45, 2.75) is 13.1 Å². The first-order valence-electron chi connectivity index (χ1n) is 23.0. The summed E-state index contributed by atoms with van der Waals surface area (Å²) in [6.07, 6.45) is -2.70. The molecule has 0 atom stereocenters. The summed E-state index contributed by atoms with van der Waals surface area (Å²) >= 11 is 0. The normalized spacial score (nSPS) is 12.3. The SMILES string of the molecule is Cc1cc(-c2cc(-n3c4ccccc4c4ccc5c(c6ccccc6n5-c5ccccc5)c43)ncc2-n2c3ccccc3c3ccc4c(c5ccccc5n4-c4ccccc4)c32)cc(C(F)(F)F)c1. The van der Waals surface area contributed by atoms with Gasteiger partial charge in [0.25, 0.3) is 0 Å². The summed E-state index contributed by atoms with van der Waals surface area (Å²) in [5.41, 5.74) is 11.6. The molecule has 14 aromatic rings. The van der Waals surface area contributed by atoms with E-state index in [1.807, 2.05) is 60.8 Å². The fourth-order valence-electron chi connectivity index (χ4n) is 11.3. The van der Waals surface area contributed by atoms with Crippen molar-refractivity contribution in [1.29, 1.82) is 0 Å². The van der Waals surface area contributed by atoms with Crippen LogP contribution in [0.1, 0.15) is 11.1 Å². The van der Waals surface area contributed by atoms with Crippen LogP contribution in [0.15, 0.2) is 212 Å². The number of pyridine rings is 1. The van der Waals surface area contributed by atoms with Crippen LogP contribution in [0.25, 0.3) is 121 Å². The summed E-state index contributed by atoms with van der Waals surface area (Å²) in [6.45, 7) is 1.73. The highest BCUT2D eigenvalue weighted by molar-refractivity contribution is 6.27. The summed E-state index contributed by atoms with van der Waals surface area (Å²) in [6, 6.07) is 69.4. The molecule has 9 aromatic carbocycles. The second kappa shape index (κ2) is 14.6. The Balaban J connectivity index is 1.14. The van der Waals surface area contributed by atoms with Crippen LogP contribution < -0.4 is 0 Å². The summed E-state index contributed by atoms with van der Waals surface area (Å²) < 4.78 is 53.9. The molecule has 328 valence electrons. The molecule has 0 bridgehead atoms. The van der Waals surface area contributed by atoms with Gasteiger partial charge < -0.3 is 13.7 Å². The van der Waals surface area contributed by atoms with Gasteiger partial charge in [-0.25, -0.2) is 4.98 Å². The number of rotatable bonds is 5. The number of nitrogens with zero attached hydrogens (tertiary/aromatic N) is 5. The molecule has 0 fully saturated rings. The maximum absolute atomic E-state index is 14.9. The minimum absolute atomic E-state index is 0.442. The lowest BCUT2D eigenvalue weighted by atomic mass is 9.99. The Bertz CT molecular complexity index is 4420. The van der Waals surface area contributed by atoms with Crippen molar-refractivity contribution in [2.24, 2.45) is 0 Å². The Kier molecular flexibility index (Phi) is 8.29. The smallest absolute Gasteiger partial charge is 0.309 e. The van der Waals surface area contributed by atoms with Crippen LogP contribution in [0.5, 0.6) is 0 Å². The fourth-order valence-corrected chi connectivity index (χ4v) is 11.3. The van der Waals surface area contributed by atoms with E-state index in [2.05, 4.69) is 158 Å². The van der Waals surface area contributed by atoms with Crippen molar-refractivity contribution < 1.29 is 13.2 Å². The standard InChI is InChI=1S/C61H38F3N5/c1-37-32-38(34-39(33-37)61(62,63)64)48-35-56(69-50-25-13-9-21-43(50)45-29-31-54-58(60(45)69)47-23-11-15-27-52(47)67(54)41-18-6-3-7-19-41)65-36-55(48)68-49-24-12-8-20-42(49)44-28-30-53-57(59(44)68)46-22-10-14-26-51(46)66(53)40-16-4-2-5-17-40/h2-36H,1H3. The van der Waals surface area contributed by atoms with Crippen molar-refractivity contribution >= 4 is 87.2 Å². The second-order valence-electron chi connectivity index (χ2n) is 17.9. The van der Waals surface area contributed by atoms with Gasteiger partial charge in [0.2, 0.25) is 0 Å². The van der Waals surface area contributed by atoms with Crippen LogP contribution >= 0.6 is 0 Å². The minimum Gasteiger partial charge on any atom is -0.309 e. The zero-order valence-corrected chi connectivity index (χ0v) is 37.1. The first-order chi connectivity index (χ1) is 33.8. The molecule has 0 radical (unpaired) electrons. The minimum atomic E-state index is -4.57. The van der Waals surface area contributed by atoms with Gasteiger partial charge in [-0.2, -0.15) is 13.2 Å². The Morgan fingerprint density at radius 3 is 1.36 bits per heavy atom. The Hall–Kier alpha value is -8.88. The van der Waals surface area contributed by atoms with Gasteiger partial charge in [-0.1, -0.05) is 127 Å². The van der Waals surface area contributed by atoms with Crippen LogP contribution in [0.2, 0.25) is 0 Å². The zero-order chi connectivity index (χ0) is 46.1. The quantitative estimate of drug-likeness (QED) is 0.169. The van der Waals surface area contributed by atoms with E-state index in [1.54, 1.807) is 6.92 Å². The van der Waals surface area contributed by atoms with Crippen molar-refractivity contribution in [1.82, 2.24) is 23.3 Å². The summed E-state index contributed by atoms with van der Waals surface area (Å²) in [4.78, 5) is 5.43. The number of alkyl halides is 3. The topological polar surface area (TPSA) is 32.6 Å². The van der Waals surface area contributed by atoms with Crippen LogP contribution in [0.3, 0.4) is 0 Å². The first kappa shape index (κ1) is 39.3. The molecule has 14 rings (SSSR count). The van der Waals surface area contributed by atoms with Gasteiger partial charge >= 0.3 is 6.18 Å². The summed E-state index contributed by atoms with van der Waals surface area (Å²) in [7, 11) is 0. The lowest BCUT2D eigenvalue weighted by molar-refractivity contribution is -0.137. The molecule has 5 nitrogen and oxygen atoms in total. The number of aromatic nitrogens is 5. The highest BCUT2D eigenvalue weighted by Gasteiger charge is 2.32. The van der Waals surface area contributed by atoms with E-state index in [-0.39, 0.29) is 0 Å². The molecular weight excluding hydrogens is 860 g/mol. The molecule has 0 aliphatic heterocycles. The van der Waals surface area contributed by atoms with E-state index in [0.717, 1.165) is 98.6 Å². The number of hydrogen-bond acceptors (Lipinski definition) is 1. The van der Waals surface area contributed by atoms with Gasteiger partial charge in [0.05, 0.1) is 61.6 Å². The maximum atomic E-state index is 14.9. The molecule has 0 saturated carbocycles. The van der Waals surface area contributed by atoms with Gasteiger partial charge in [0.1, 0.15) is 5.82 Å². The number of hydrogen-bond donors (Lipinski definition) is 0. The van der Waals surface area contributed by atoms with Gasteiger partial charge in [-0.3, -0.25) is 4.57 Å². The lowest BCUT2D eigenvalue weighted by Crippen LogP contribution is -2.07. The van der Waals surface area contributed by atoms with Gasteiger partial charge in [-0.15, -0.1) is 0 Å². The van der Waals surface area contributed by atoms with Crippen LogP contribution in [0.4, 0.5) is 13.2 Å². The number of benzene rings is 9. The van der Waals surface area contributed by atoms with E-state index in [4.69, 9.17) is 4.98 Å². The third-order valence-corrected chi connectivity index (χ3v) is 14.0. The number of halogens is 3. The fraction of sp³-hybridized carbons (Fsp3) is 0.0328. The third-order valence-electron chi connectivity index (χ3n) is 14.0. The zero-order valence-electron chi connectivity index (χ0n) is 37.1. The van der Waals surface area contributed by atoms with E-state index in [1.165, 1.54) is 12.1 Å². The molecular formula is C61H38F3N5. The summed E-state index contributed by atoms with van der Waals surface area (Å²) in [5, 5.41) is 8.41. The van der Waals surface area contributed by atoms with Crippen molar-refractivity contribution in [3.63, 3.8) is 0 Å². The molecule has 8 heteroatoms. The van der Waals surface area contributed by atoms with Crippen LogP contribution in [0, 0.1) is 6.92 Å². The van der Waals surface area contributed by atoms with Crippen molar-refractivity contribution in [3.05, 3.63) is 224 Å². The molecule has 5 heterocycles. The largest absolute Gasteiger partial charge is 0.416 e. The molecule has 0 saturated heterocycles. The Labute approximate surface area is 392 Å². The van der Waals surface area contributed by atoms with E-state index >= 15 is 0 Å². The molecule has 5 aromatic heterocycles. The first-order valence-corrected chi connectivity index (χ1v) is 23.0. The van der Waals surface area contributed by atoms with E-state index < -0.39 is 11.7 Å². The Morgan fingerprint density at radius 1 is 0.391 bits per heavy atom. The summed E-state index contributed by atoms with van der Waals surface area (Å²) in [5.74, 6) is 0.589. The molecule has 0 aliphatic rings. The lowest BCUT2D eigenvalue weighted by Gasteiger charge is -2.18.